The van der Waals surface area contributed by atoms with Crippen molar-refractivity contribution < 1.29 is 9.59 Å². The average molecular weight is 232 g/mol. The third kappa shape index (κ3) is 3.06. The van der Waals surface area contributed by atoms with Gasteiger partial charge in [-0.15, -0.1) is 0 Å². The summed E-state index contributed by atoms with van der Waals surface area (Å²) < 4.78 is 0. The van der Waals surface area contributed by atoms with Crippen molar-refractivity contribution in [3.63, 3.8) is 0 Å². The van der Waals surface area contributed by atoms with Crippen molar-refractivity contribution in [1.82, 2.24) is 5.32 Å². The quantitative estimate of drug-likeness (QED) is 0.742. The molecule has 0 saturated carbocycles. The molecule has 1 aromatic carbocycles. The number of para-hydroxylation sites is 1. The Bertz CT molecular complexity index is 395. The lowest BCUT2D eigenvalue weighted by molar-refractivity contribution is -0.122. The van der Waals surface area contributed by atoms with Crippen molar-refractivity contribution in [2.75, 3.05) is 18.0 Å². The van der Waals surface area contributed by atoms with Gasteiger partial charge in [0.1, 0.15) is 0 Å². The maximum Gasteiger partial charge on any atom is 0.228 e. The molecular formula is C13H16N2O2. The highest BCUT2D eigenvalue weighted by atomic mass is 16.2. The van der Waals surface area contributed by atoms with Crippen LogP contribution in [0.5, 0.6) is 0 Å². The molecule has 17 heavy (non-hydrogen) atoms. The van der Waals surface area contributed by atoms with Crippen LogP contribution in [0.4, 0.5) is 5.69 Å². The van der Waals surface area contributed by atoms with Crippen LogP contribution >= 0.6 is 0 Å². The van der Waals surface area contributed by atoms with Crippen LogP contribution in [0.2, 0.25) is 0 Å². The fraction of sp³-hybridized carbons (Fsp3) is 0.385. The zero-order valence-electron chi connectivity index (χ0n) is 9.69. The largest absolute Gasteiger partial charge is 0.356 e. The Morgan fingerprint density at radius 2 is 1.82 bits per heavy atom. The molecule has 2 aliphatic rings. The summed E-state index contributed by atoms with van der Waals surface area (Å²) in [6.07, 6.45) is 2.47. The van der Waals surface area contributed by atoms with Crippen LogP contribution in [0.25, 0.3) is 0 Å². The van der Waals surface area contributed by atoms with Crippen LogP contribution in [-0.2, 0) is 9.59 Å². The van der Waals surface area contributed by atoms with E-state index in [-0.39, 0.29) is 11.8 Å². The molecule has 0 bridgehead atoms. The highest BCUT2D eigenvalue weighted by molar-refractivity contribution is 5.99. The number of amides is 2. The molecule has 2 fully saturated rings. The van der Waals surface area contributed by atoms with Gasteiger partial charge in [-0.1, -0.05) is 18.2 Å². The van der Waals surface area contributed by atoms with Crippen molar-refractivity contribution in [2.24, 2.45) is 0 Å². The van der Waals surface area contributed by atoms with E-state index in [1.807, 2.05) is 30.3 Å². The van der Waals surface area contributed by atoms with Gasteiger partial charge < -0.3 is 10.2 Å². The van der Waals surface area contributed by atoms with Gasteiger partial charge in [-0.2, -0.15) is 0 Å². The number of nitrogens with zero attached hydrogens (tertiary/aromatic N) is 1. The van der Waals surface area contributed by atoms with Crippen molar-refractivity contribution in [1.29, 1.82) is 0 Å². The van der Waals surface area contributed by atoms with Crippen molar-refractivity contribution in [3.05, 3.63) is 30.3 Å². The lowest BCUT2D eigenvalue weighted by Crippen LogP contribution is -2.43. The first-order valence-electron chi connectivity index (χ1n) is 5.89. The molecular weight excluding hydrogens is 216 g/mol. The van der Waals surface area contributed by atoms with Gasteiger partial charge in [-0.25, -0.2) is 0 Å². The second-order valence-electron chi connectivity index (χ2n) is 4.08. The maximum atomic E-state index is 11.0. The lowest BCUT2D eigenvalue weighted by Gasteiger charge is -2.30. The molecule has 3 rings (SSSR count). The number of nitrogens with one attached hydrogen (secondary N) is 1. The van der Waals surface area contributed by atoms with E-state index in [0.29, 0.717) is 6.42 Å². The third-order valence-corrected chi connectivity index (χ3v) is 2.82. The van der Waals surface area contributed by atoms with E-state index >= 15 is 0 Å². The summed E-state index contributed by atoms with van der Waals surface area (Å²) in [7, 11) is 0. The minimum absolute atomic E-state index is 0.204. The molecule has 2 heterocycles. The smallest absolute Gasteiger partial charge is 0.228 e. The summed E-state index contributed by atoms with van der Waals surface area (Å²) in [5.74, 6) is 0.436. The number of hydrogen-bond donors (Lipinski definition) is 1. The summed E-state index contributed by atoms with van der Waals surface area (Å²) >= 11 is 0. The van der Waals surface area contributed by atoms with Crippen LogP contribution in [-0.4, -0.2) is 24.9 Å². The van der Waals surface area contributed by atoms with Crippen molar-refractivity contribution in [2.45, 2.75) is 19.3 Å². The summed E-state index contributed by atoms with van der Waals surface area (Å²) in [5, 5.41) is 2.68. The monoisotopic (exact) mass is 232 g/mol. The molecule has 0 unspecified atom stereocenters. The highest BCUT2D eigenvalue weighted by Crippen LogP contribution is 2.20. The number of β-lactam (4-membered cyclic amide) rings is 1. The summed E-state index contributed by atoms with van der Waals surface area (Å²) in [6, 6.07) is 9.75. The molecule has 90 valence electrons. The number of hydrogen-bond acceptors (Lipinski definition) is 2. The van der Waals surface area contributed by atoms with Crippen molar-refractivity contribution >= 4 is 17.5 Å². The average Bonchev–Trinajstić information content (AvgIpc) is 2.81. The number of anilines is 1. The van der Waals surface area contributed by atoms with Gasteiger partial charge in [-0.05, 0) is 18.6 Å². The lowest BCUT2D eigenvalue weighted by atomic mass is 10.1. The Kier molecular flexibility index (Phi) is 3.75. The molecule has 0 aliphatic carbocycles. The molecule has 2 amide bonds. The predicted molar refractivity (Wildman–Crippen MR) is 65.7 cm³/mol. The van der Waals surface area contributed by atoms with Crippen LogP contribution in [0.1, 0.15) is 19.3 Å². The fourth-order valence-electron chi connectivity index (χ4n) is 1.76. The molecule has 2 aliphatic heterocycles. The SMILES string of the molecule is O=C1CCCN1.O=C1CCN1c1ccccc1. The Labute approximate surface area is 101 Å². The highest BCUT2D eigenvalue weighted by Gasteiger charge is 2.24. The number of rotatable bonds is 1. The molecule has 0 aromatic heterocycles. The standard InChI is InChI=1S/C9H9NO.C4H7NO/c11-9-6-7-10(9)8-4-2-1-3-5-8;6-4-2-1-3-5-4/h1-5H,6-7H2;1-3H2,(H,5,6). The molecule has 1 N–H and O–H groups in total. The molecule has 1 aromatic rings. The summed E-state index contributed by atoms with van der Waals surface area (Å²) in [6.45, 7) is 1.77. The van der Waals surface area contributed by atoms with E-state index in [9.17, 15) is 9.59 Å². The number of carbonyl (C=O) groups is 2. The van der Waals surface area contributed by atoms with Gasteiger partial charge in [0.2, 0.25) is 11.8 Å². The third-order valence-electron chi connectivity index (χ3n) is 2.82. The zero-order valence-corrected chi connectivity index (χ0v) is 9.69. The molecule has 4 heteroatoms. The van der Waals surface area contributed by atoms with Gasteiger partial charge in [0.05, 0.1) is 0 Å². The molecule has 4 nitrogen and oxygen atoms in total. The topological polar surface area (TPSA) is 49.4 Å². The van der Waals surface area contributed by atoms with E-state index in [0.717, 1.165) is 31.6 Å². The van der Waals surface area contributed by atoms with E-state index in [4.69, 9.17) is 0 Å². The first-order chi connectivity index (χ1) is 8.27. The Morgan fingerprint density at radius 1 is 1.06 bits per heavy atom. The normalized spacial score (nSPS) is 18.0. The van der Waals surface area contributed by atoms with Gasteiger partial charge in [-0.3, -0.25) is 9.59 Å². The molecule has 0 atom stereocenters. The Hall–Kier alpha value is -1.84. The second-order valence-corrected chi connectivity index (χ2v) is 4.08. The first-order valence-corrected chi connectivity index (χ1v) is 5.89. The maximum absolute atomic E-state index is 11.0. The molecule has 0 spiro atoms. The second kappa shape index (κ2) is 5.48. The van der Waals surface area contributed by atoms with Gasteiger partial charge >= 0.3 is 0 Å². The van der Waals surface area contributed by atoms with E-state index in [2.05, 4.69) is 5.32 Å². The van der Waals surface area contributed by atoms with E-state index in [1.165, 1.54) is 0 Å². The van der Waals surface area contributed by atoms with E-state index in [1.54, 1.807) is 4.90 Å². The summed E-state index contributed by atoms with van der Waals surface area (Å²) in [5.41, 5.74) is 1.02. The minimum Gasteiger partial charge on any atom is -0.356 e. The van der Waals surface area contributed by atoms with Crippen molar-refractivity contribution in [3.8, 4) is 0 Å². The Balaban J connectivity index is 0.000000153. The zero-order chi connectivity index (χ0) is 12.1. The van der Waals surface area contributed by atoms with Gasteiger partial charge in [0, 0.05) is 31.6 Å². The van der Waals surface area contributed by atoms with Crippen LogP contribution in [0.15, 0.2) is 30.3 Å². The Morgan fingerprint density at radius 3 is 2.18 bits per heavy atom. The van der Waals surface area contributed by atoms with Crippen LogP contribution in [0, 0.1) is 0 Å². The van der Waals surface area contributed by atoms with Crippen LogP contribution in [0.3, 0.4) is 0 Å². The minimum atomic E-state index is 0.204. The van der Waals surface area contributed by atoms with Gasteiger partial charge in [0.25, 0.3) is 0 Å². The molecule has 2 saturated heterocycles. The van der Waals surface area contributed by atoms with Gasteiger partial charge in [0.15, 0.2) is 0 Å². The first kappa shape index (κ1) is 11.6. The van der Waals surface area contributed by atoms with E-state index < -0.39 is 0 Å². The fourth-order valence-corrected chi connectivity index (χ4v) is 1.76. The number of carbonyl (C=O) groups excluding carboxylic acids is 2. The summed E-state index contributed by atoms with van der Waals surface area (Å²) in [4.78, 5) is 22.9. The molecule has 0 radical (unpaired) electrons. The number of benzene rings is 1. The predicted octanol–water partition coefficient (Wildman–Crippen LogP) is 1.32. The van der Waals surface area contributed by atoms with Crippen LogP contribution < -0.4 is 10.2 Å².